The molecule has 3 nitrogen and oxygen atoms in total. The minimum atomic E-state index is 0.689. The molecule has 0 spiro atoms. The summed E-state index contributed by atoms with van der Waals surface area (Å²) in [7, 11) is 0. The van der Waals surface area contributed by atoms with Gasteiger partial charge >= 0.3 is 0 Å². The van der Waals surface area contributed by atoms with E-state index in [1.54, 1.807) is 0 Å². The Hall–Kier alpha value is -1.61. The average Bonchev–Trinajstić information content (AvgIpc) is 2.78. The molecule has 0 aliphatic rings. The number of hydrogen-bond acceptors (Lipinski definition) is 2. The lowest BCUT2D eigenvalue weighted by atomic mass is 10.2. The third-order valence-corrected chi connectivity index (χ3v) is 2.88. The first-order valence-corrected chi connectivity index (χ1v) is 6.49. The lowest BCUT2D eigenvalue weighted by Gasteiger charge is -2.11. The van der Waals surface area contributed by atoms with Crippen molar-refractivity contribution >= 4 is 0 Å². The molecular formula is C15H21N3. The second-order valence-electron chi connectivity index (χ2n) is 5.01. The zero-order valence-electron chi connectivity index (χ0n) is 11.1. The second kappa shape index (κ2) is 6.36. The smallest absolute Gasteiger partial charge is 0.0474 e. The molecule has 0 atom stereocenters. The van der Waals surface area contributed by atoms with Gasteiger partial charge in [-0.1, -0.05) is 13.8 Å². The quantitative estimate of drug-likeness (QED) is 0.845. The molecule has 0 bridgehead atoms. The fourth-order valence-electron chi connectivity index (χ4n) is 1.94. The summed E-state index contributed by atoms with van der Waals surface area (Å²) in [6.45, 7) is 7.34. The zero-order chi connectivity index (χ0) is 12.8. The van der Waals surface area contributed by atoms with Gasteiger partial charge in [0.15, 0.2) is 0 Å². The molecule has 2 heterocycles. The normalized spacial score (nSPS) is 11.1. The SMILES string of the molecule is CC(C)CNCc1cccn1Cc1ccncc1. The van der Waals surface area contributed by atoms with Gasteiger partial charge in [-0.3, -0.25) is 4.98 Å². The molecule has 0 saturated heterocycles. The van der Waals surface area contributed by atoms with E-state index in [0.717, 1.165) is 19.6 Å². The van der Waals surface area contributed by atoms with Crippen molar-refractivity contribution in [3.63, 3.8) is 0 Å². The Labute approximate surface area is 109 Å². The highest BCUT2D eigenvalue weighted by Crippen LogP contribution is 2.07. The van der Waals surface area contributed by atoms with E-state index >= 15 is 0 Å². The monoisotopic (exact) mass is 243 g/mol. The molecule has 1 N–H and O–H groups in total. The molecule has 18 heavy (non-hydrogen) atoms. The molecule has 0 aromatic carbocycles. The van der Waals surface area contributed by atoms with E-state index in [4.69, 9.17) is 0 Å². The predicted octanol–water partition coefficient (Wildman–Crippen LogP) is 2.68. The van der Waals surface area contributed by atoms with Crippen LogP contribution in [0.5, 0.6) is 0 Å². The summed E-state index contributed by atoms with van der Waals surface area (Å²) in [6.07, 6.45) is 5.82. The number of rotatable bonds is 6. The largest absolute Gasteiger partial charge is 0.346 e. The molecule has 96 valence electrons. The van der Waals surface area contributed by atoms with Gasteiger partial charge < -0.3 is 9.88 Å². The summed E-state index contributed by atoms with van der Waals surface area (Å²) in [5.41, 5.74) is 2.61. The number of aromatic nitrogens is 2. The molecule has 0 aliphatic heterocycles. The van der Waals surface area contributed by atoms with Crippen molar-refractivity contribution in [2.45, 2.75) is 26.9 Å². The highest BCUT2D eigenvalue weighted by Gasteiger charge is 2.02. The molecule has 0 fully saturated rings. The van der Waals surface area contributed by atoms with Crippen molar-refractivity contribution in [1.29, 1.82) is 0 Å². The van der Waals surface area contributed by atoms with E-state index in [1.165, 1.54) is 11.3 Å². The van der Waals surface area contributed by atoms with E-state index in [0.29, 0.717) is 5.92 Å². The first-order chi connectivity index (χ1) is 8.75. The lowest BCUT2D eigenvalue weighted by Crippen LogP contribution is -2.20. The van der Waals surface area contributed by atoms with Crippen LogP contribution in [0.4, 0.5) is 0 Å². The van der Waals surface area contributed by atoms with Crippen LogP contribution in [0.3, 0.4) is 0 Å². The first-order valence-electron chi connectivity index (χ1n) is 6.49. The standard InChI is InChI=1S/C15H21N3/c1-13(2)10-17-11-15-4-3-9-18(15)12-14-5-7-16-8-6-14/h3-9,13,17H,10-12H2,1-2H3. The molecule has 0 unspecified atom stereocenters. The minimum Gasteiger partial charge on any atom is -0.346 e. The van der Waals surface area contributed by atoms with Crippen LogP contribution in [-0.2, 0) is 13.1 Å². The van der Waals surface area contributed by atoms with Crippen LogP contribution >= 0.6 is 0 Å². The van der Waals surface area contributed by atoms with Gasteiger partial charge in [-0.05, 0) is 42.3 Å². The number of nitrogens with one attached hydrogen (secondary N) is 1. The molecule has 0 amide bonds. The van der Waals surface area contributed by atoms with Crippen LogP contribution < -0.4 is 5.32 Å². The fourth-order valence-corrected chi connectivity index (χ4v) is 1.94. The summed E-state index contributed by atoms with van der Waals surface area (Å²) in [6, 6.07) is 8.40. The highest BCUT2D eigenvalue weighted by atomic mass is 15.0. The third-order valence-electron chi connectivity index (χ3n) is 2.88. The molecule has 2 aromatic rings. The van der Waals surface area contributed by atoms with Gasteiger partial charge in [0.25, 0.3) is 0 Å². The number of hydrogen-bond donors (Lipinski definition) is 1. The Kier molecular flexibility index (Phi) is 4.53. The van der Waals surface area contributed by atoms with Crippen molar-refractivity contribution in [2.75, 3.05) is 6.54 Å². The maximum Gasteiger partial charge on any atom is 0.0474 e. The Morgan fingerprint density at radius 2 is 2.00 bits per heavy atom. The van der Waals surface area contributed by atoms with Gasteiger partial charge in [-0.25, -0.2) is 0 Å². The molecule has 2 rings (SSSR count). The van der Waals surface area contributed by atoms with Crippen molar-refractivity contribution in [3.8, 4) is 0 Å². The van der Waals surface area contributed by atoms with E-state index in [2.05, 4.69) is 59.2 Å². The minimum absolute atomic E-state index is 0.689. The summed E-state index contributed by atoms with van der Waals surface area (Å²) < 4.78 is 2.28. The van der Waals surface area contributed by atoms with Crippen LogP contribution in [0, 0.1) is 5.92 Å². The summed E-state index contributed by atoms with van der Waals surface area (Å²) in [5.74, 6) is 0.689. The first kappa shape index (κ1) is 12.8. The van der Waals surface area contributed by atoms with Crippen molar-refractivity contribution < 1.29 is 0 Å². The molecular weight excluding hydrogens is 222 g/mol. The van der Waals surface area contributed by atoms with E-state index in [1.807, 2.05) is 12.4 Å². The molecule has 0 aliphatic carbocycles. The Balaban J connectivity index is 1.95. The summed E-state index contributed by atoms with van der Waals surface area (Å²) in [5, 5.41) is 3.48. The highest BCUT2D eigenvalue weighted by molar-refractivity contribution is 5.14. The topological polar surface area (TPSA) is 29.9 Å². The van der Waals surface area contributed by atoms with E-state index in [9.17, 15) is 0 Å². The van der Waals surface area contributed by atoms with Gasteiger partial charge in [0.05, 0.1) is 0 Å². The van der Waals surface area contributed by atoms with Gasteiger partial charge in [0.1, 0.15) is 0 Å². The lowest BCUT2D eigenvalue weighted by molar-refractivity contribution is 0.539. The molecule has 3 heteroatoms. The van der Waals surface area contributed by atoms with Gasteiger partial charge in [-0.15, -0.1) is 0 Å². The number of nitrogens with zero attached hydrogens (tertiary/aromatic N) is 2. The van der Waals surface area contributed by atoms with Crippen LogP contribution in [0.15, 0.2) is 42.9 Å². The average molecular weight is 243 g/mol. The number of pyridine rings is 1. The van der Waals surface area contributed by atoms with Gasteiger partial charge in [0.2, 0.25) is 0 Å². The summed E-state index contributed by atoms with van der Waals surface area (Å²) in [4.78, 5) is 4.04. The van der Waals surface area contributed by atoms with Crippen LogP contribution in [0.25, 0.3) is 0 Å². The molecule has 2 aromatic heterocycles. The Morgan fingerprint density at radius 3 is 2.72 bits per heavy atom. The van der Waals surface area contributed by atoms with Gasteiger partial charge in [0, 0.05) is 37.4 Å². The van der Waals surface area contributed by atoms with Crippen LogP contribution in [-0.4, -0.2) is 16.1 Å². The second-order valence-corrected chi connectivity index (χ2v) is 5.01. The van der Waals surface area contributed by atoms with Gasteiger partial charge in [-0.2, -0.15) is 0 Å². The molecule has 0 radical (unpaired) electrons. The van der Waals surface area contributed by atoms with Crippen molar-refractivity contribution in [1.82, 2.24) is 14.9 Å². The van der Waals surface area contributed by atoms with Crippen LogP contribution in [0.2, 0.25) is 0 Å². The summed E-state index contributed by atoms with van der Waals surface area (Å²) >= 11 is 0. The third kappa shape index (κ3) is 3.70. The van der Waals surface area contributed by atoms with Crippen molar-refractivity contribution in [2.24, 2.45) is 5.92 Å². The van der Waals surface area contributed by atoms with Crippen LogP contribution in [0.1, 0.15) is 25.1 Å². The predicted molar refractivity (Wildman–Crippen MR) is 74.3 cm³/mol. The van der Waals surface area contributed by atoms with Crippen molar-refractivity contribution in [3.05, 3.63) is 54.1 Å². The Bertz CT molecular complexity index is 460. The fraction of sp³-hybridized carbons (Fsp3) is 0.400. The zero-order valence-corrected chi connectivity index (χ0v) is 11.1. The molecule has 0 saturated carbocycles. The van der Waals surface area contributed by atoms with E-state index < -0.39 is 0 Å². The maximum atomic E-state index is 4.04. The maximum absolute atomic E-state index is 4.04. The van der Waals surface area contributed by atoms with E-state index in [-0.39, 0.29) is 0 Å². The Morgan fingerprint density at radius 1 is 1.22 bits per heavy atom.